The van der Waals surface area contributed by atoms with Gasteiger partial charge in [0.2, 0.25) is 0 Å². The molecule has 4 heteroatoms. The van der Waals surface area contributed by atoms with Crippen molar-refractivity contribution in [2.45, 2.75) is 6.92 Å². The van der Waals surface area contributed by atoms with E-state index < -0.39 is 5.82 Å². The molecular formula is C12H8FN3. The van der Waals surface area contributed by atoms with Gasteiger partial charge in [0.1, 0.15) is 0 Å². The van der Waals surface area contributed by atoms with E-state index in [9.17, 15) is 4.39 Å². The van der Waals surface area contributed by atoms with Gasteiger partial charge >= 0.3 is 0 Å². The summed E-state index contributed by atoms with van der Waals surface area (Å²) in [4.78, 5) is 7.88. The van der Waals surface area contributed by atoms with E-state index in [1.54, 1.807) is 25.1 Å². The Morgan fingerprint density at radius 1 is 1.25 bits per heavy atom. The number of hydrogen-bond donors (Lipinski definition) is 0. The number of hydrogen-bond acceptors (Lipinski definition) is 3. The summed E-state index contributed by atoms with van der Waals surface area (Å²) in [7, 11) is 0. The Bertz CT molecular complexity index is 573. The van der Waals surface area contributed by atoms with Crippen molar-refractivity contribution in [3.05, 3.63) is 47.7 Å². The smallest absolute Gasteiger partial charge is 0.153 e. The summed E-state index contributed by atoms with van der Waals surface area (Å²) in [5.41, 5.74) is 1.59. The summed E-state index contributed by atoms with van der Waals surface area (Å²) in [5, 5.41) is 8.75. The molecule has 0 saturated carbocycles. The largest absolute Gasteiger partial charge is 0.258 e. The van der Waals surface area contributed by atoms with Crippen molar-refractivity contribution in [2.24, 2.45) is 0 Å². The van der Waals surface area contributed by atoms with Crippen LogP contribution in [0.3, 0.4) is 0 Å². The monoisotopic (exact) mass is 213 g/mol. The molecule has 0 aromatic carbocycles. The van der Waals surface area contributed by atoms with E-state index in [-0.39, 0.29) is 0 Å². The Labute approximate surface area is 92.2 Å². The van der Waals surface area contributed by atoms with Crippen LogP contribution in [0.1, 0.15) is 11.3 Å². The highest BCUT2D eigenvalue weighted by molar-refractivity contribution is 5.61. The van der Waals surface area contributed by atoms with Gasteiger partial charge in [0.25, 0.3) is 0 Å². The lowest BCUT2D eigenvalue weighted by atomic mass is 10.1. The molecule has 2 rings (SSSR count). The molecule has 0 radical (unpaired) electrons. The Morgan fingerprint density at radius 3 is 2.75 bits per heavy atom. The van der Waals surface area contributed by atoms with E-state index in [0.717, 1.165) is 0 Å². The van der Waals surface area contributed by atoms with Crippen LogP contribution in [-0.4, -0.2) is 9.97 Å². The molecule has 0 bridgehead atoms. The fourth-order valence-corrected chi connectivity index (χ4v) is 1.39. The third kappa shape index (κ3) is 1.75. The molecule has 2 aromatic heterocycles. The van der Waals surface area contributed by atoms with Crippen molar-refractivity contribution in [1.82, 2.24) is 9.97 Å². The van der Waals surface area contributed by atoms with Crippen LogP contribution >= 0.6 is 0 Å². The van der Waals surface area contributed by atoms with Gasteiger partial charge in [-0.2, -0.15) is 5.26 Å². The molecule has 0 N–H and O–H groups in total. The van der Waals surface area contributed by atoms with Gasteiger partial charge in [-0.15, -0.1) is 0 Å². The van der Waals surface area contributed by atoms with Crippen molar-refractivity contribution in [2.75, 3.05) is 0 Å². The van der Waals surface area contributed by atoms with Crippen LogP contribution in [0.25, 0.3) is 11.3 Å². The molecule has 2 aromatic rings. The number of nitriles is 1. The van der Waals surface area contributed by atoms with Crippen LogP contribution in [0, 0.1) is 24.1 Å². The summed E-state index contributed by atoms with van der Waals surface area (Å²) in [6.45, 7) is 1.59. The maximum atomic E-state index is 13.7. The topological polar surface area (TPSA) is 49.6 Å². The Balaban J connectivity index is 2.59. The van der Waals surface area contributed by atoms with Gasteiger partial charge < -0.3 is 0 Å². The predicted molar refractivity (Wildman–Crippen MR) is 56.9 cm³/mol. The third-order valence-corrected chi connectivity index (χ3v) is 2.23. The lowest BCUT2D eigenvalue weighted by molar-refractivity contribution is 0.613. The van der Waals surface area contributed by atoms with Crippen LogP contribution in [0.4, 0.5) is 4.39 Å². The molecule has 0 fully saturated rings. The second-order valence-electron chi connectivity index (χ2n) is 3.30. The van der Waals surface area contributed by atoms with Gasteiger partial charge in [0, 0.05) is 18.0 Å². The maximum absolute atomic E-state index is 13.7. The Morgan fingerprint density at radius 2 is 2.00 bits per heavy atom. The van der Waals surface area contributed by atoms with E-state index in [2.05, 4.69) is 9.97 Å². The summed E-state index contributed by atoms with van der Waals surface area (Å²) in [6.07, 6.45) is 3.01. The number of pyridine rings is 2. The second kappa shape index (κ2) is 4.07. The summed E-state index contributed by atoms with van der Waals surface area (Å²) >= 11 is 0. The van der Waals surface area contributed by atoms with Crippen LogP contribution < -0.4 is 0 Å². The number of halogens is 1. The fourth-order valence-electron chi connectivity index (χ4n) is 1.39. The molecule has 0 spiro atoms. The van der Waals surface area contributed by atoms with E-state index in [1.165, 1.54) is 12.4 Å². The molecule has 0 amide bonds. The number of nitrogens with zero attached hydrogens (tertiary/aromatic N) is 3. The molecule has 3 nitrogen and oxygen atoms in total. The lowest BCUT2D eigenvalue weighted by Crippen LogP contribution is -1.93. The van der Waals surface area contributed by atoms with Crippen LogP contribution in [0.2, 0.25) is 0 Å². The van der Waals surface area contributed by atoms with Gasteiger partial charge in [-0.05, 0) is 25.1 Å². The fraction of sp³-hybridized carbons (Fsp3) is 0.0833. The summed E-state index contributed by atoms with van der Waals surface area (Å²) in [5.74, 6) is -0.398. The number of rotatable bonds is 1. The number of aryl methyl sites for hydroxylation is 1. The van der Waals surface area contributed by atoms with Crippen molar-refractivity contribution in [3.8, 4) is 17.3 Å². The van der Waals surface area contributed by atoms with Gasteiger partial charge in [0.05, 0.1) is 23.0 Å². The van der Waals surface area contributed by atoms with E-state index in [0.29, 0.717) is 22.5 Å². The molecule has 0 saturated heterocycles. The molecule has 2 heterocycles. The molecule has 0 unspecified atom stereocenters. The maximum Gasteiger partial charge on any atom is 0.153 e. The van der Waals surface area contributed by atoms with E-state index in [1.807, 2.05) is 6.07 Å². The molecule has 78 valence electrons. The van der Waals surface area contributed by atoms with Crippen molar-refractivity contribution >= 4 is 0 Å². The number of aromatic nitrogens is 2. The van der Waals surface area contributed by atoms with Gasteiger partial charge in [0.15, 0.2) is 5.82 Å². The average molecular weight is 213 g/mol. The van der Waals surface area contributed by atoms with Crippen LogP contribution in [0.15, 0.2) is 30.6 Å². The van der Waals surface area contributed by atoms with E-state index in [4.69, 9.17) is 5.26 Å². The molecule has 0 aliphatic carbocycles. The summed E-state index contributed by atoms with van der Waals surface area (Å²) < 4.78 is 13.7. The van der Waals surface area contributed by atoms with Crippen LogP contribution in [0.5, 0.6) is 0 Å². The Kier molecular flexibility index (Phi) is 2.61. The van der Waals surface area contributed by atoms with Crippen LogP contribution in [-0.2, 0) is 0 Å². The second-order valence-corrected chi connectivity index (χ2v) is 3.30. The SMILES string of the molecule is Cc1nccc(-c2cc(C#N)ccn2)c1F. The first kappa shape index (κ1) is 10.2. The molecule has 0 aliphatic heterocycles. The standard InChI is InChI=1S/C12H8FN3/c1-8-12(13)10(3-5-15-8)11-6-9(7-14)2-4-16-11/h2-6H,1H3. The zero-order valence-corrected chi connectivity index (χ0v) is 8.61. The molecule has 0 atom stereocenters. The first-order valence-electron chi connectivity index (χ1n) is 4.70. The lowest BCUT2D eigenvalue weighted by Gasteiger charge is -2.03. The van der Waals surface area contributed by atoms with Crippen molar-refractivity contribution in [3.63, 3.8) is 0 Å². The highest BCUT2D eigenvalue weighted by atomic mass is 19.1. The van der Waals surface area contributed by atoms with Crippen molar-refractivity contribution < 1.29 is 4.39 Å². The molecular weight excluding hydrogens is 205 g/mol. The van der Waals surface area contributed by atoms with Crippen molar-refractivity contribution in [1.29, 1.82) is 5.26 Å². The Hall–Kier alpha value is -2.28. The van der Waals surface area contributed by atoms with Gasteiger partial charge in [-0.25, -0.2) is 4.39 Å². The zero-order valence-electron chi connectivity index (χ0n) is 8.61. The summed E-state index contributed by atoms with van der Waals surface area (Å²) in [6, 6.07) is 6.67. The first-order valence-corrected chi connectivity index (χ1v) is 4.70. The highest BCUT2D eigenvalue weighted by Gasteiger charge is 2.09. The van der Waals surface area contributed by atoms with Gasteiger partial charge in [-0.1, -0.05) is 0 Å². The highest BCUT2D eigenvalue weighted by Crippen LogP contribution is 2.21. The first-order chi connectivity index (χ1) is 7.72. The van der Waals surface area contributed by atoms with Gasteiger partial charge in [-0.3, -0.25) is 9.97 Å². The average Bonchev–Trinajstić information content (AvgIpc) is 2.33. The minimum Gasteiger partial charge on any atom is -0.258 e. The minimum absolute atomic E-state index is 0.321. The molecule has 16 heavy (non-hydrogen) atoms. The quantitative estimate of drug-likeness (QED) is 0.731. The minimum atomic E-state index is -0.398. The zero-order chi connectivity index (χ0) is 11.5. The molecule has 0 aliphatic rings. The third-order valence-electron chi connectivity index (χ3n) is 2.23. The predicted octanol–water partition coefficient (Wildman–Crippen LogP) is 2.46. The normalized spacial score (nSPS) is 9.81. The van der Waals surface area contributed by atoms with E-state index >= 15 is 0 Å².